The molecule has 0 bridgehead atoms. The van der Waals surface area contributed by atoms with Crippen LogP contribution in [0.5, 0.6) is 5.75 Å². The minimum absolute atomic E-state index is 0.401. The van der Waals surface area contributed by atoms with Crippen LogP contribution in [0, 0.1) is 0 Å². The number of nitrogens with one attached hydrogen (secondary N) is 1. The molecular weight excluding hydrogens is 210 g/mol. The maximum Gasteiger partial charge on any atom is 0.123 e. The molecule has 2 nitrogen and oxygen atoms in total. The Bertz CT molecular complexity index is 358. The summed E-state index contributed by atoms with van der Waals surface area (Å²) in [6.07, 6.45) is 3.82. The predicted octanol–water partition coefficient (Wildman–Crippen LogP) is 3.33. The van der Waals surface area contributed by atoms with Gasteiger partial charge in [0.1, 0.15) is 11.9 Å². The molecule has 0 radical (unpaired) electrons. The highest BCUT2D eigenvalue weighted by molar-refractivity contribution is 5.36. The van der Waals surface area contributed by atoms with Gasteiger partial charge in [0.2, 0.25) is 0 Å². The number of hydrogen-bond donors (Lipinski definition) is 1. The summed E-state index contributed by atoms with van der Waals surface area (Å²) in [5, 5.41) is 3.29. The van der Waals surface area contributed by atoms with Gasteiger partial charge in [-0.05, 0) is 43.9 Å². The van der Waals surface area contributed by atoms with E-state index in [1.807, 2.05) is 7.05 Å². The van der Waals surface area contributed by atoms with E-state index in [0.717, 1.165) is 25.0 Å². The fraction of sp³-hybridized carbons (Fsp3) is 0.600. The minimum Gasteiger partial charge on any atom is -0.490 e. The van der Waals surface area contributed by atoms with Crippen molar-refractivity contribution in [2.75, 3.05) is 7.05 Å². The molecule has 0 saturated heterocycles. The number of ether oxygens (including phenoxy) is 1. The Morgan fingerprint density at radius 2 is 2.06 bits per heavy atom. The van der Waals surface area contributed by atoms with Crippen LogP contribution in [0.15, 0.2) is 24.3 Å². The lowest BCUT2D eigenvalue weighted by Gasteiger charge is -2.35. The van der Waals surface area contributed by atoms with Crippen molar-refractivity contribution in [1.82, 2.24) is 5.32 Å². The number of hydrogen-bond acceptors (Lipinski definition) is 2. The van der Waals surface area contributed by atoms with Crippen LogP contribution in [0.3, 0.4) is 0 Å². The van der Waals surface area contributed by atoms with Gasteiger partial charge in [-0.15, -0.1) is 0 Å². The summed E-state index contributed by atoms with van der Waals surface area (Å²) in [6.45, 7) is 4.49. The van der Waals surface area contributed by atoms with Crippen molar-refractivity contribution >= 4 is 0 Å². The summed E-state index contributed by atoms with van der Waals surface area (Å²) in [6, 6.07) is 9.11. The van der Waals surface area contributed by atoms with Gasteiger partial charge in [-0.1, -0.05) is 32.0 Å². The van der Waals surface area contributed by atoms with Crippen molar-refractivity contribution in [3.05, 3.63) is 29.8 Å². The molecule has 1 aliphatic carbocycles. The second kappa shape index (κ2) is 5.54. The van der Waals surface area contributed by atoms with Crippen molar-refractivity contribution < 1.29 is 4.74 Å². The highest BCUT2D eigenvalue weighted by atomic mass is 16.5. The van der Waals surface area contributed by atoms with E-state index >= 15 is 0 Å². The molecule has 0 aliphatic heterocycles. The maximum atomic E-state index is 6.10. The molecule has 1 aromatic carbocycles. The van der Waals surface area contributed by atoms with Gasteiger partial charge in [0.25, 0.3) is 0 Å². The third kappa shape index (κ3) is 2.81. The van der Waals surface area contributed by atoms with Gasteiger partial charge in [-0.25, -0.2) is 0 Å². The molecule has 2 heteroatoms. The van der Waals surface area contributed by atoms with Gasteiger partial charge in [0, 0.05) is 6.04 Å². The van der Waals surface area contributed by atoms with Crippen molar-refractivity contribution in [2.24, 2.45) is 0 Å². The summed E-state index contributed by atoms with van der Waals surface area (Å²) in [5.74, 6) is 1.66. The fourth-order valence-corrected chi connectivity index (χ4v) is 2.29. The third-order valence-electron chi connectivity index (χ3n) is 3.86. The van der Waals surface area contributed by atoms with E-state index in [0.29, 0.717) is 18.1 Å². The van der Waals surface area contributed by atoms with Crippen LogP contribution in [-0.4, -0.2) is 19.2 Å². The van der Waals surface area contributed by atoms with Gasteiger partial charge in [-0.2, -0.15) is 0 Å². The molecule has 0 spiro atoms. The van der Waals surface area contributed by atoms with Crippen LogP contribution in [0.4, 0.5) is 0 Å². The smallest absolute Gasteiger partial charge is 0.123 e. The van der Waals surface area contributed by atoms with E-state index in [4.69, 9.17) is 4.74 Å². The molecule has 1 aromatic rings. The van der Waals surface area contributed by atoms with E-state index in [-0.39, 0.29) is 0 Å². The topological polar surface area (TPSA) is 21.3 Å². The Hall–Kier alpha value is -1.02. The van der Waals surface area contributed by atoms with Crippen LogP contribution >= 0.6 is 0 Å². The minimum atomic E-state index is 0.401. The first-order valence-electron chi connectivity index (χ1n) is 6.67. The Balaban J connectivity index is 2.01. The normalized spacial score (nSPS) is 25.1. The standard InChI is InChI=1S/C15H23NO/c1-4-11(2)14-7-5-6-8-15(14)17-13-9-12(10-13)16-3/h5-8,11-13,16H,4,9-10H2,1-3H3. The Morgan fingerprint density at radius 1 is 1.35 bits per heavy atom. The van der Waals surface area contributed by atoms with Gasteiger partial charge in [-0.3, -0.25) is 0 Å². The summed E-state index contributed by atoms with van der Waals surface area (Å²) >= 11 is 0. The Kier molecular flexibility index (Phi) is 4.06. The zero-order chi connectivity index (χ0) is 12.3. The van der Waals surface area contributed by atoms with E-state index in [1.54, 1.807) is 0 Å². The molecule has 2 rings (SSSR count). The van der Waals surface area contributed by atoms with E-state index in [9.17, 15) is 0 Å². The van der Waals surface area contributed by atoms with Crippen molar-refractivity contribution in [2.45, 2.75) is 51.2 Å². The SMILES string of the molecule is CCC(C)c1ccccc1OC1CC(NC)C1. The maximum absolute atomic E-state index is 6.10. The summed E-state index contributed by atoms with van der Waals surface area (Å²) in [7, 11) is 2.02. The van der Waals surface area contributed by atoms with Gasteiger partial charge < -0.3 is 10.1 Å². The van der Waals surface area contributed by atoms with Crippen LogP contribution in [0.1, 0.15) is 44.6 Å². The average Bonchev–Trinajstić information content (AvgIpc) is 2.32. The fourth-order valence-electron chi connectivity index (χ4n) is 2.29. The molecule has 17 heavy (non-hydrogen) atoms. The molecule has 1 aliphatic rings. The molecule has 1 fully saturated rings. The molecule has 94 valence electrons. The van der Waals surface area contributed by atoms with Crippen molar-refractivity contribution in [3.63, 3.8) is 0 Å². The van der Waals surface area contributed by atoms with Gasteiger partial charge >= 0.3 is 0 Å². The van der Waals surface area contributed by atoms with Gasteiger partial charge in [0.05, 0.1) is 0 Å². The van der Waals surface area contributed by atoms with Crippen LogP contribution in [-0.2, 0) is 0 Å². The summed E-state index contributed by atoms with van der Waals surface area (Å²) in [4.78, 5) is 0. The molecular formula is C15H23NO. The third-order valence-corrected chi connectivity index (χ3v) is 3.86. The highest BCUT2D eigenvalue weighted by Gasteiger charge is 2.30. The van der Waals surface area contributed by atoms with Gasteiger partial charge in [0.15, 0.2) is 0 Å². The summed E-state index contributed by atoms with van der Waals surface area (Å²) < 4.78 is 6.10. The zero-order valence-electron chi connectivity index (χ0n) is 11.1. The Morgan fingerprint density at radius 3 is 2.71 bits per heavy atom. The highest BCUT2D eigenvalue weighted by Crippen LogP contribution is 2.32. The number of para-hydroxylation sites is 1. The summed E-state index contributed by atoms with van der Waals surface area (Å²) in [5.41, 5.74) is 1.35. The van der Waals surface area contributed by atoms with E-state index in [2.05, 4.69) is 43.4 Å². The quantitative estimate of drug-likeness (QED) is 0.842. The van der Waals surface area contributed by atoms with Crippen LogP contribution in [0.2, 0.25) is 0 Å². The molecule has 1 unspecified atom stereocenters. The number of benzene rings is 1. The number of rotatable bonds is 5. The molecule has 0 aromatic heterocycles. The molecule has 0 amide bonds. The molecule has 1 saturated carbocycles. The lowest BCUT2D eigenvalue weighted by molar-refractivity contribution is 0.0871. The zero-order valence-corrected chi connectivity index (χ0v) is 11.1. The Labute approximate surface area is 104 Å². The lowest BCUT2D eigenvalue weighted by atomic mass is 9.89. The first-order chi connectivity index (χ1) is 8.24. The van der Waals surface area contributed by atoms with E-state index < -0.39 is 0 Å². The second-order valence-corrected chi connectivity index (χ2v) is 5.04. The molecule has 1 atom stereocenters. The molecule has 1 N–H and O–H groups in total. The van der Waals surface area contributed by atoms with Crippen LogP contribution in [0.25, 0.3) is 0 Å². The molecule has 0 heterocycles. The van der Waals surface area contributed by atoms with E-state index in [1.165, 1.54) is 5.56 Å². The van der Waals surface area contributed by atoms with Crippen molar-refractivity contribution in [1.29, 1.82) is 0 Å². The first kappa shape index (κ1) is 12.4. The lowest BCUT2D eigenvalue weighted by Crippen LogP contribution is -2.45. The van der Waals surface area contributed by atoms with Crippen LogP contribution < -0.4 is 10.1 Å². The predicted molar refractivity (Wildman–Crippen MR) is 71.6 cm³/mol. The van der Waals surface area contributed by atoms with Crippen molar-refractivity contribution in [3.8, 4) is 5.75 Å². The first-order valence-corrected chi connectivity index (χ1v) is 6.67. The second-order valence-electron chi connectivity index (χ2n) is 5.04. The monoisotopic (exact) mass is 233 g/mol. The largest absolute Gasteiger partial charge is 0.490 e. The average molecular weight is 233 g/mol.